The molecule has 10 aromatic carbocycles. The van der Waals surface area contributed by atoms with E-state index in [0.717, 1.165) is 71.9 Å². The first kappa shape index (κ1) is 36.5. The maximum absolute atomic E-state index is 6.55. The molecule has 0 unspecified atom stereocenters. The molecular weight excluding hydrogens is 777 g/mol. The van der Waals surface area contributed by atoms with Crippen molar-refractivity contribution in [3.05, 3.63) is 217 Å². The highest BCUT2D eigenvalue weighted by Gasteiger charge is 2.37. The monoisotopic (exact) mass is 816 g/mol. The Kier molecular flexibility index (Phi) is 7.95. The Morgan fingerprint density at radius 2 is 0.938 bits per heavy atom. The number of fused-ring (bicyclic) bond motifs is 9. The van der Waals surface area contributed by atoms with Gasteiger partial charge < -0.3 is 4.42 Å². The fraction of sp³-hybridized carbons (Fsp3) is 0.0492. The molecule has 1 aliphatic carbocycles. The van der Waals surface area contributed by atoms with Crippen molar-refractivity contribution in [1.29, 1.82) is 0 Å². The number of hydrogen-bond donors (Lipinski definition) is 0. The van der Waals surface area contributed by atoms with Crippen LogP contribution in [0.1, 0.15) is 25.0 Å². The van der Waals surface area contributed by atoms with Crippen LogP contribution in [0.15, 0.2) is 211 Å². The molecule has 0 fully saturated rings. The summed E-state index contributed by atoms with van der Waals surface area (Å²) in [5.41, 5.74) is 16.4. The van der Waals surface area contributed by atoms with Crippen molar-refractivity contribution in [2.24, 2.45) is 0 Å². The lowest BCUT2D eigenvalue weighted by Crippen LogP contribution is -2.14. The first-order valence-electron chi connectivity index (χ1n) is 22.1. The molecule has 0 aliphatic heterocycles. The molecular formula is C61H40N2O. The zero-order chi connectivity index (χ0) is 42.5. The van der Waals surface area contributed by atoms with Gasteiger partial charge in [0.05, 0.1) is 11.4 Å². The van der Waals surface area contributed by atoms with E-state index in [2.05, 4.69) is 214 Å². The van der Waals surface area contributed by atoms with Gasteiger partial charge in [0.2, 0.25) is 0 Å². The summed E-state index contributed by atoms with van der Waals surface area (Å²) in [4.78, 5) is 10.7. The lowest BCUT2D eigenvalue weighted by atomic mass is 9.81. The average Bonchev–Trinajstić information content (AvgIpc) is 3.82. The van der Waals surface area contributed by atoms with Gasteiger partial charge in [-0.05, 0) is 113 Å². The third kappa shape index (κ3) is 5.54. The number of hydrogen-bond acceptors (Lipinski definition) is 3. The summed E-state index contributed by atoms with van der Waals surface area (Å²) in [6.45, 7) is 4.73. The minimum absolute atomic E-state index is 0.132. The van der Waals surface area contributed by atoms with E-state index >= 15 is 0 Å². The van der Waals surface area contributed by atoms with E-state index in [0.29, 0.717) is 5.82 Å². The van der Waals surface area contributed by atoms with Gasteiger partial charge in [-0.3, -0.25) is 0 Å². The Morgan fingerprint density at radius 1 is 0.359 bits per heavy atom. The van der Waals surface area contributed by atoms with Crippen molar-refractivity contribution in [1.82, 2.24) is 9.97 Å². The van der Waals surface area contributed by atoms with Crippen LogP contribution in [-0.4, -0.2) is 9.97 Å². The van der Waals surface area contributed by atoms with Crippen molar-refractivity contribution in [2.45, 2.75) is 19.3 Å². The second kappa shape index (κ2) is 13.9. The topological polar surface area (TPSA) is 38.9 Å². The minimum Gasteiger partial charge on any atom is -0.456 e. The third-order valence-corrected chi connectivity index (χ3v) is 13.7. The van der Waals surface area contributed by atoms with Gasteiger partial charge in [-0.1, -0.05) is 184 Å². The number of benzene rings is 10. The third-order valence-electron chi connectivity index (χ3n) is 13.7. The normalized spacial score (nSPS) is 13.0. The zero-order valence-corrected chi connectivity index (χ0v) is 35.4. The smallest absolute Gasteiger partial charge is 0.160 e. The van der Waals surface area contributed by atoms with Gasteiger partial charge in [0, 0.05) is 32.9 Å². The van der Waals surface area contributed by atoms with Crippen molar-refractivity contribution in [3.63, 3.8) is 0 Å². The van der Waals surface area contributed by atoms with E-state index in [1.54, 1.807) is 0 Å². The molecule has 0 N–H and O–H groups in total. The minimum atomic E-state index is -0.132. The van der Waals surface area contributed by atoms with Crippen LogP contribution in [0.5, 0.6) is 0 Å². The lowest BCUT2D eigenvalue weighted by Gasteiger charge is -2.22. The molecule has 13 rings (SSSR count). The van der Waals surface area contributed by atoms with Crippen molar-refractivity contribution in [2.75, 3.05) is 0 Å². The largest absolute Gasteiger partial charge is 0.456 e. The Morgan fingerprint density at radius 3 is 1.72 bits per heavy atom. The van der Waals surface area contributed by atoms with Gasteiger partial charge >= 0.3 is 0 Å². The summed E-state index contributed by atoms with van der Waals surface area (Å²) in [7, 11) is 0. The molecule has 0 amide bonds. The molecule has 3 nitrogen and oxygen atoms in total. The standard InChI is InChI=1S/C61H40N2O/c1-61(2)52-28-14-26-48(58(52)50-32-38-18-6-8-20-40(38)34-53(50)61)45-30-31-47(43-23-11-10-22-42(43)45)55-36-54(62-60(63-55)37-16-4-3-5-17-37)46-25-13-12-24-44(46)49-27-15-29-56-59(49)51-33-39-19-7-9-21-41(39)35-57(51)64-56/h3-36H,1-2H3. The van der Waals surface area contributed by atoms with Gasteiger partial charge in [-0.25, -0.2) is 9.97 Å². The van der Waals surface area contributed by atoms with Crippen LogP contribution in [0.25, 0.3) is 122 Å². The van der Waals surface area contributed by atoms with Crippen LogP contribution in [-0.2, 0) is 5.41 Å². The molecule has 2 heterocycles. The summed E-state index contributed by atoms with van der Waals surface area (Å²) >= 11 is 0. The predicted molar refractivity (Wildman–Crippen MR) is 267 cm³/mol. The first-order chi connectivity index (χ1) is 31.5. The molecule has 0 saturated heterocycles. The van der Waals surface area contributed by atoms with Crippen LogP contribution in [0, 0.1) is 0 Å². The molecule has 3 heteroatoms. The van der Waals surface area contributed by atoms with Crippen LogP contribution in [0.4, 0.5) is 0 Å². The van der Waals surface area contributed by atoms with Gasteiger partial charge in [-0.15, -0.1) is 0 Å². The zero-order valence-electron chi connectivity index (χ0n) is 35.4. The molecule has 64 heavy (non-hydrogen) atoms. The molecule has 0 bridgehead atoms. The first-order valence-corrected chi connectivity index (χ1v) is 22.1. The molecule has 2 aromatic heterocycles. The molecule has 0 spiro atoms. The van der Waals surface area contributed by atoms with E-state index in [1.807, 2.05) is 6.07 Å². The van der Waals surface area contributed by atoms with E-state index in [1.165, 1.54) is 54.9 Å². The summed E-state index contributed by atoms with van der Waals surface area (Å²) in [6.07, 6.45) is 0. The SMILES string of the molecule is CC1(C)c2cc3ccccc3cc2-c2c(-c3ccc(-c4cc(-c5ccccc5-c5cccc6oc7cc8ccccc8cc7c56)nc(-c5ccccc5)n4)c4ccccc34)cccc21. The Bertz CT molecular complexity index is 3880. The molecule has 0 radical (unpaired) electrons. The van der Waals surface area contributed by atoms with Gasteiger partial charge in [0.15, 0.2) is 5.82 Å². The van der Waals surface area contributed by atoms with Crippen LogP contribution in [0.3, 0.4) is 0 Å². The Balaban J connectivity index is 1.01. The Hall–Kier alpha value is -8.14. The van der Waals surface area contributed by atoms with E-state index in [-0.39, 0.29) is 5.41 Å². The van der Waals surface area contributed by atoms with Gasteiger partial charge in [-0.2, -0.15) is 0 Å². The molecule has 300 valence electrons. The summed E-state index contributed by atoms with van der Waals surface area (Å²) < 4.78 is 6.55. The van der Waals surface area contributed by atoms with E-state index in [4.69, 9.17) is 14.4 Å². The maximum atomic E-state index is 6.55. The summed E-state index contributed by atoms with van der Waals surface area (Å²) in [5.74, 6) is 0.682. The average molecular weight is 817 g/mol. The second-order valence-corrected chi connectivity index (χ2v) is 17.7. The predicted octanol–water partition coefficient (Wildman–Crippen LogP) is 16.5. The van der Waals surface area contributed by atoms with Crippen LogP contribution in [0.2, 0.25) is 0 Å². The molecule has 0 saturated carbocycles. The fourth-order valence-corrected chi connectivity index (χ4v) is 10.6. The number of nitrogens with zero attached hydrogens (tertiary/aromatic N) is 2. The van der Waals surface area contributed by atoms with Crippen LogP contribution >= 0.6 is 0 Å². The summed E-state index contributed by atoms with van der Waals surface area (Å²) in [5, 5.41) is 9.42. The second-order valence-electron chi connectivity index (χ2n) is 17.7. The van der Waals surface area contributed by atoms with Crippen molar-refractivity contribution >= 4 is 54.3 Å². The van der Waals surface area contributed by atoms with Crippen molar-refractivity contribution < 1.29 is 4.42 Å². The molecule has 0 atom stereocenters. The number of aromatic nitrogens is 2. The number of rotatable bonds is 5. The number of furan rings is 1. The highest BCUT2D eigenvalue weighted by Crippen LogP contribution is 2.54. The molecule has 1 aliphatic rings. The molecule has 12 aromatic rings. The highest BCUT2D eigenvalue weighted by atomic mass is 16.3. The van der Waals surface area contributed by atoms with Crippen LogP contribution < -0.4 is 0 Å². The highest BCUT2D eigenvalue weighted by molar-refractivity contribution is 6.16. The van der Waals surface area contributed by atoms with E-state index in [9.17, 15) is 0 Å². The fourth-order valence-electron chi connectivity index (χ4n) is 10.6. The summed E-state index contributed by atoms with van der Waals surface area (Å²) in [6, 6.07) is 74.2. The van der Waals surface area contributed by atoms with E-state index < -0.39 is 0 Å². The quantitative estimate of drug-likeness (QED) is 0.174. The Labute approximate surface area is 371 Å². The van der Waals surface area contributed by atoms with Crippen molar-refractivity contribution in [3.8, 4) is 67.3 Å². The maximum Gasteiger partial charge on any atom is 0.160 e. The van der Waals surface area contributed by atoms with Gasteiger partial charge in [0.1, 0.15) is 11.2 Å². The van der Waals surface area contributed by atoms with Gasteiger partial charge in [0.25, 0.3) is 0 Å². The lowest BCUT2D eigenvalue weighted by molar-refractivity contribution is 0.661.